The van der Waals surface area contributed by atoms with E-state index in [-0.39, 0.29) is 41.2 Å². The number of aliphatic hydroxyl groups is 3. The monoisotopic (exact) mass is 705 g/mol. The van der Waals surface area contributed by atoms with Crippen LogP contribution < -0.4 is 5.32 Å². The van der Waals surface area contributed by atoms with Crippen molar-refractivity contribution in [1.29, 1.82) is 0 Å². The smallest absolute Gasteiger partial charge is 0.248 e. The van der Waals surface area contributed by atoms with Crippen LogP contribution in [0, 0.1) is 24.7 Å². The molecule has 0 aromatic heterocycles. The fourth-order valence-corrected chi connectivity index (χ4v) is 5.73. The highest BCUT2D eigenvalue weighted by atomic mass is 35.5. The number of Topliss-reactive ketones (excluding diaryl/α,β-unsaturated/α-hetero) is 4. The van der Waals surface area contributed by atoms with E-state index in [1.807, 2.05) is 0 Å². The van der Waals surface area contributed by atoms with Gasteiger partial charge in [-0.25, -0.2) is 0 Å². The summed E-state index contributed by atoms with van der Waals surface area (Å²) in [6, 6.07) is 1.25. The van der Waals surface area contributed by atoms with Gasteiger partial charge >= 0.3 is 0 Å². The van der Waals surface area contributed by atoms with E-state index in [1.165, 1.54) is 44.2 Å². The Hall–Kier alpha value is -4.48. The van der Waals surface area contributed by atoms with E-state index < -0.39 is 81.0 Å². The number of carbonyl (C=O) groups is 5. The maximum absolute atomic E-state index is 13.8. The Morgan fingerprint density at radius 1 is 0.760 bits per heavy atom. The molecule has 1 aromatic rings. The highest BCUT2D eigenvalue weighted by Gasteiger charge is 2.38. The largest absolute Gasteiger partial charge is 0.507 e. The molecule has 2 heterocycles. The van der Waals surface area contributed by atoms with E-state index in [4.69, 9.17) is 11.6 Å². The second-order valence-electron chi connectivity index (χ2n) is 12.8. The first-order valence-electron chi connectivity index (χ1n) is 16.3. The summed E-state index contributed by atoms with van der Waals surface area (Å²) in [6.07, 6.45) is 12.2. The lowest BCUT2D eigenvalue weighted by Gasteiger charge is -2.23. The predicted molar refractivity (Wildman–Crippen MR) is 191 cm³/mol. The zero-order chi connectivity index (χ0) is 37.4. The normalized spacial score (nSPS) is 27.4. The van der Waals surface area contributed by atoms with Gasteiger partial charge in [0, 0.05) is 41.4 Å². The molecule has 1 amide bonds. The van der Waals surface area contributed by atoms with Gasteiger partial charge in [0.05, 0.1) is 23.9 Å². The summed E-state index contributed by atoms with van der Waals surface area (Å²) < 4.78 is 0. The van der Waals surface area contributed by atoms with Gasteiger partial charge in [0.15, 0.2) is 11.6 Å². The number of carbonyl (C=O) groups excluding carboxylic acids is 5. The number of ketones is 4. The van der Waals surface area contributed by atoms with Crippen LogP contribution in [0.4, 0.5) is 0 Å². The Bertz CT molecular complexity index is 1770. The van der Waals surface area contributed by atoms with E-state index in [1.54, 1.807) is 58.1 Å². The van der Waals surface area contributed by atoms with E-state index >= 15 is 0 Å². The molecule has 4 rings (SSSR count). The molecule has 0 saturated carbocycles. The summed E-state index contributed by atoms with van der Waals surface area (Å²) in [5.74, 6) is -5.52. The Kier molecular flexibility index (Phi) is 13.9. The average molecular weight is 706 g/mol. The SMILES string of the molecule is CC1=CCC(O)C=CC(C)C(O)C(C)C=C(C)C(=O)c2c(O)c(C)cc3c2C(=O)C(Cl)=C(NC(=O)C=C/C=C/C=CC(C)C(O)CC1=O)C3=O. The first kappa shape index (κ1) is 40.0. The van der Waals surface area contributed by atoms with Crippen molar-refractivity contribution in [2.75, 3.05) is 0 Å². The second-order valence-corrected chi connectivity index (χ2v) is 13.2. The minimum absolute atomic E-state index is 0.0807. The summed E-state index contributed by atoms with van der Waals surface area (Å²) >= 11 is 6.31. The van der Waals surface area contributed by atoms with Crippen molar-refractivity contribution in [3.63, 3.8) is 0 Å². The molecule has 50 heavy (non-hydrogen) atoms. The van der Waals surface area contributed by atoms with Crippen LogP contribution in [-0.4, -0.2) is 67.8 Å². The molecule has 10 nitrogen and oxygen atoms in total. The van der Waals surface area contributed by atoms with Gasteiger partial charge < -0.3 is 25.7 Å². The molecule has 0 radical (unpaired) electrons. The number of aliphatic hydroxyl groups excluding tert-OH is 3. The Morgan fingerprint density at radius 2 is 1.42 bits per heavy atom. The van der Waals surface area contributed by atoms with Crippen molar-refractivity contribution < 1.29 is 44.4 Å². The van der Waals surface area contributed by atoms with E-state index in [9.17, 15) is 44.4 Å². The van der Waals surface area contributed by atoms with Gasteiger partial charge in [0.25, 0.3) is 0 Å². The number of allylic oxidation sites excluding steroid dienone is 8. The van der Waals surface area contributed by atoms with Crippen LogP contribution in [-0.2, 0) is 9.59 Å². The molecule has 6 atom stereocenters. The van der Waals surface area contributed by atoms with Gasteiger partial charge in [-0.05, 0) is 50.0 Å². The molecule has 11 heteroatoms. The van der Waals surface area contributed by atoms with E-state index in [2.05, 4.69) is 5.32 Å². The van der Waals surface area contributed by atoms with Crippen LogP contribution in [0.15, 0.2) is 88.7 Å². The first-order valence-corrected chi connectivity index (χ1v) is 16.7. The number of phenols is 1. The molecule has 5 N–H and O–H groups in total. The summed E-state index contributed by atoms with van der Waals surface area (Å²) in [6.45, 7) is 9.66. The molecule has 6 unspecified atom stereocenters. The van der Waals surface area contributed by atoms with Crippen LogP contribution in [0.2, 0.25) is 0 Å². The summed E-state index contributed by atoms with van der Waals surface area (Å²) in [5.41, 5.74) is -0.886. The Balaban J connectivity index is 2.05. The van der Waals surface area contributed by atoms with E-state index in [0.717, 1.165) is 6.08 Å². The summed E-state index contributed by atoms with van der Waals surface area (Å²) in [4.78, 5) is 66.2. The molecule has 0 fully saturated rings. The van der Waals surface area contributed by atoms with Crippen molar-refractivity contribution in [1.82, 2.24) is 5.32 Å². The van der Waals surface area contributed by atoms with Crippen LogP contribution >= 0.6 is 11.6 Å². The number of nitrogens with one attached hydrogen (secondary N) is 1. The zero-order valence-electron chi connectivity index (χ0n) is 28.9. The minimum atomic E-state index is -1.01. The average Bonchev–Trinajstić information content (AvgIpc) is 3.07. The quantitative estimate of drug-likeness (QED) is 0.224. The zero-order valence-corrected chi connectivity index (χ0v) is 29.7. The first-order chi connectivity index (χ1) is 23.5. The number of aromatic hydroxyl groups is 1. The summed E-state index contributed by atoms with van der Waals surface area (Å²) in [5, 5.41) is 44.7. The number of halogens is 1. The van der Waals surface area contributed by atoms with Gasteiger partial charge in [-0.1, -0.05) is 87.1 Å². The number of aryl methyl sites for hydroxylation is 1. The Labute approximate surface area is 296 Å². The maximum Gasteiger partial charge on any atom is 0.248 e. The molecule has 3 aliphatic rings. The van der Waals surface area contributed by atoms with Crippen molar-refractivity contribution in [3.05, 3.63) is 111 Å². The summed E-state index contributed by atoms with van der Waals surface area (Å²) in [7, 11) is 0. The third-order valence-corrected chi connectivity index (χ3v) is 9.13. The van der Waals surface area contributed by atoms with Crippen molar-refractivity contribution >= 4 is 40.6 Å². The number of amides is 1. The molecule has 1 aromatic carbocycles. The molecule has 266 valence electrons. The van der Waals surface area contributed by atoms with Crippen LogP contribution in [0.5, 0.6) is 5.75 Å². The minimum Gasteiger partial charge on any atom is -0.507 e. The molecule has 0 spiro atoms. The standard InChI is InChI=1S/C39H44ClNO9/c1-20-11-9-7-8-10-12-30(45)41-34-33(40)39(50)31-27(38(34)49)18-25(6)37(48)32(31)36(47)24(5)17-23(4)35(46)22(3)14-16-26(42)15-13-21(2)29(44)19-28(20)43/h7-14,16-18,20,22-23,26,28,35,42-43,46,48H,15,19H2,1-6H3,(H,41,45)/b8-7+,11-9?,12-10?,16-14?,21-13?,24-17?. The van der Waals surface area contributed by atoms with Crippen molar-refractivity contribution in [2.45, 2.75) is 72.7 Å². The number of benzene rings is 1. The maximum atomic E-state index is 13.8. The second kappa shape index (κ2) is 17.4. The van der Waals surface area contributed by atoms with E-state index in [0.29, 0.717) is 5.57 Å². The van der Waals surface area contributed by atoms with Gasteiger partial charge in [0.1, 0.15) is 16.5 Å². The van der Waals surface area contributed by atoms with Crippen LogP contribution in [0.3, 0.4) is 0 Å². The number of hydrogen-bond acceptors (Lipinski definition) is 9. The topological polar surface area (TPSA) is 178 Å². The lowest BCUT2D eigenvalue weighted by molar-refractivity contribution is -0.118. The number of rotatable bonds is 0. The van der Waals surface area contributed by atoms with Crippen molar-refractivity contribution in [3.8, 4) is 5.75 Å². The molecule has 0 saturated heterocycles. The van der Waals surface area contributed by atoms with Crippen molar-refractivity contribution in [2.24, 2.45) is 17.8 Å². The Morgan fingerprint density at radius 3 is 2.10 bits per heavy atom. The lowest BCUT2D eigenvalue weighted by Crippen LogP contribution is -2.33. The molecular formula is C39H44ClNO9. The number of phenolic OH excluding ortho intramolecular Hbond substituents is 1. The number of fused-ring (bicyclic) bond motifs is 18. The third-order valence-electron chi connectivity index (χ3n) is 8.77. The van der Waals surface area contributed by atoms with Gasteiger partial charge in [-0.15, -0.1) is 0 Å². The lowest BCUT2D eigenvalue weighted by atomic mass is 9.83. The highest BCUT2D eigenvalue weighted by molar-refractivity contribution is 6.51. The van der Waals surface area contributed by atoms with Gasteiger partial charge in [-0.2, -0.15) is 0 Å². The fourth-order valence-electron chi connectivity index (χ4n) is 5.51. The molecular weight excluding hydrogens is 662 g/mol. The number of hydrogen-bond donors (Lipinski definition) is 5. The van der Waals surface area contributed by atoms with Crippen LogP contribution in [0.25, 0.3) is 0 Å². The highest BCUT2D eigenvalue weighted by Crippen LogP contribution is 2.37. The van der Waals surface area contributed by atoms with Gasteiger partial charge in [-0.3, -0.25) is 24.0 Å². The molecule has 4 bridgehead atoms. The molecule has 1 aliphatic carbocycles. The molecule has 2 aliphatic heterocycles. The van der Waals surface area contributed by atoms with Crippen LogP contribution in [0.1, 0.15) is 84.1 Å². The van der Waals surface area contributed by atoms with Gasteiger partial charge in [0.2, 0.25) is 17.5 Å². The predicted octanol–water partition coefficient (Wildman–Crippen LogP) is 5.30. The fraction of sp³-hybridized carbons (Fsp3) is 0.359. The third kappa shape index (κ3) is 9.60.